The number of carboxylic acids is 1. The molecule has 2 amide bonds. The summed E-state index contributed by atoms with van der Waals surface area (Å²) in [5.41, 5.74) is 0.398. The SMILES string of the molecule is CC(C)N1CCN(C(=O)CC[C@H](NC(=O)c2ccccc2)C(=O)O)CC1. The van der Waals surface area contributed by atoms with Gasteiger partial charge in [0, 0.05) is 44.2 Å². The first-order chi connectivity index (χ1) is 12.4. The van der Waals surface area contributed by atoms with Crippen molar-refractivity contribution in [2.75, 3.05) is 26.2 Å². The van der Waals surface area contributed by atoms with Gasteiger partial charge in [-0.1, -0.05) is 18.2 Å². The molecule has 1 aromatic rings. The number of amides is 2. The van der Waals surface area contributed by atoms with Gasteiger partial charge >= 0.3 is 5.97 Å². The van der Waals surface area contributed by atoms with E-state index in [1.165, 1.54) is 0 Å². The van der Waals surface area contributed by atoms with Crippen molar-refractivity contribution in [3.05, 3.63) is 35.9 Å². The predicted molar refractivity (Wildman–Crippen MR) is 97.9 cm³/mol. The normalized spacial score (nSPS) is 16.3. The average Bonchev–Trinajstić information content (AvgIpc) is 2.65. The van der Waals surface area contributed by atoms with Gasteiger partial charge in [-0.05, 0) is 32.4 Å². The summed E-state index contributed by atoms with van der Waals surface area (Å²) < 4.78 is 0. The third-order valence-corrected chi connectivity index (χ3v) is 4.68. The van der Waals surface area contributed by atoms with Gasteiger partial charge in [-0.2, -0.15) is 0 Å². The number of hydrogen-bond donors (Lipinski definition) is 2. The third kappa shape index (κ3) is 5.56. The number of benzene rings is 1. The lowest BCUT2D eigenvalue weighted by atomic mass is 10.1. The summed E-state index contributed by atoms with van der Waals surface area (Å²) in [7, 11) is 0. The Bertz CT molecular complexity index is 625. The predicted octanol–water partition coefficient (Wildman–Crippen LogP) is 1.20. The van der Waals surface area contributed by atoms with Crippen molar-refractivity contribution in [1.29, 1.82) is 0 Å². The number of piperazine rings is 1. The number of hydrogen-bond acceptors (Lipinski definition) is 4. The molecule has 0 unspecified atom stereocenters. The number of rotatable bonds is 7. The topological polar surface area (TPSA) is 90.0 Å². The van der Waals surface area contributed by atoms with Crippen LogP contribution >= 0.6 is 0 Å². The van der Waals surface area contributed by atoms with E-state index in [-0.39, 0.29) is 18.7 Å². The molecule has 0 radical (unpaired) electrons. The number of carboxylic acid groups (broad SMARTS) is 1. The van der Waals surface area contributed by atoms with Crippen molar-refractivity contribution in [1.82, 2.24) is 15.1 Å². The van der Waals surface area contributed by atoms with E-state index in [4.69, 9.17) is 0 Å². The Kier molecular flexibility index (Phi) is 7.15. The van der Waals surface area contributed by atoms with Gasteiger partial charge in [-0.3, -0.25) is 14.5 Å². The Hall–Kier alpha value is -2.41. The van der Waals surface area contributed by atoms with E-state index in [0.29, 0.717) is 24.7 Å². The number of nitrogens with one attached hydrogen (secondary N) is 1. The Labute approximate surface area is 154 Å². The van der Waals surface area contributed by atoms with Crippen LogP contribution in [0.2, 0.25) is 0 Å². The molecule has 1 aromatic carbocycles. The Morgan fingerprint density at radius 1 is 1.08 bits per heavy atom. The molecule has 7 nitrogen and oxygen atoms in total. The highest BCUT2D eigenvalue weighted by Crippen LogP contribution is 2.10. The summed E-state index contributed by atoms with van der Waals surface area (Å²) >= 11 is 0. The Balaban J connectivity index is 1.84. The molecule has 2 rings (SSSR count). The molecule has 0 aliphatic carbocycles. The van der Waals surface area contributed by atoms with Gasteiger partial charge in [-0.25, -0.2) is 4.79 Å². The smallest absolute Gasteiger partial charge is 0.326 e. The lowest BCUT2D eigenvalue weighted by Gasteiger charge is -2.37. The van der Waals surface area contributed by atoms with Crippen LogP contribution in [0.25, 0.3) is 0 Å². The maximum Gasteiger partial charge on any atom is 0.326 e. The van der Waals surface area contributed by atoms with Crippen LogP contribution in [0, 0.1) is 0 Å². The van der Waals surface area contributed by atoms with Crippen molar-refractivity contribution < 1.29 is 19.5 Å². The first kappa shape index (κ1) is 19.9. The summed E-state index contributed by atoms with van der Waals surface area (Å²) in [6.45, 7) is 7.23. The fraction of sp³-hybridized carbons (Fsp3) is 0.526. The second kappa shape index (κ2) is 9.33. The van der Waals surface area contributed by atoms with E-state index in [1.807, 2.05) is 0 Å². The number of carbonyl (C=O) groups excluding carboxylic acids is 2. The molecule has 0 saturated carbocycles. The third-order valence-electron chi connectivity index (χ3n) is 4.68. The zero-order chi connectivity index (χ0) is 19.1. The zero-order valence-electron chi connectivity index (χ0n) is 15.4. The molecule has 1 atom stereocenters. The van der Waals surface area contributed by atoms with Crippen molar-refractivity contribution in [3.63, 3.8) is 0 Å². The molecule has 1 aliphatic rings. The molecule has 1 heterocycles. The molecule has 142 valence electrons. The summed E-state index contributed by atoms with van der Waals surface area (Å²) in [6, 6.07) is 7.82. The monoisotopic (exact) mass is 361 g/mol. The van der Waals surface area contributed by atoms with Crippen LogP contribution in [0.1, 0.15) is 37.0 Å². The quantitative estimate of drug-likeness (QED) is 0.762. The van der Waals surface area contributed by atoms with Crippen molar-refractivity contribution in [3.8, 4) is 0 Å². The standard InChI is InChI=1S/C19H27N3O4/c1-14(2)21-10-12-22(13-11-21)17(23)9-8-16(19(25)26)20-18(24)15-6-4-3-5-7-15/h3-7,14,16H,8-13H2,1-2H3,(H,20,24)(H,25,26)/t16-/m0/s1. The number of nitrogens with zero attached hydrogens (tertiary/aromatic N) is 2. The van der Waals surface area contributed by atoms with Crippen LogP contribution in [0.3, 0.4) is 0 Å². The van der Waals surface area contributed by atoms with E-state index in [1.54, 1.807) is 35.2 Å². The van der Waals surface area contributed by atoms with Crippen LogP contribution in [0.4, 0.5) is 0 Å². The van der Waals surface area contributed by atoms with E-state index in [0.717, 1.165) is 13.1 Å². The van der Waals surface area contributed by atoms with Crippen molar-refractivity contribution in [2.24, 2.45) is 0 Å². The van der Waals surface area contributed by atoms with Crippen LogP contribution in [0.15, 0.2) is 30.3 Å². The molecule has 1 aliphatic heterocycles. The fourth-order valence-corrected chi connectivity index (χ4v) is 3.00. The van der Waals surface area contributed by atoms with Gasteiger partial charge in [0.15, 0.2) is 0 Å². The largest absolute Gasteiger partial charge is 0.480 e. The Morgan fingerprint density at radius 2 is 1.69 bits per heavy atom. The van der Waals surface area contributed by atoms with Gasteiger partial charge in [0.25, 0.3) is 5.91 Å². The molecule has 2 N–H and O–H groups in total. The maximum absolute atomic E-state index is 12.4. The minimum absolute atomic E-state index is 0.0615. The lowest BCUT2D eigenvalue weighted by Crippen LogP contribution is -2.51. The molecule has 26 heavy (non-hydrogen) atoms. The zero-order valence-corrected chi connectivity index (χ0v) is 15.4. The molecule has 1 fully saturated rings. The van der Waals surface area contributed by atoms with E-state index >= 15 is 0 Å². The summed E-state index contributed by atoms with van der Waals surface area (Å²) in [4.78, 5) is 40.0. The maximum atomic E-state index is 12.4. The fourth-order valence-electron chi connectivity index (χ4n) is 3.00. The number of carbonyl (C=O) groups is 3. The van der Waals surface area contributed by atoms with Crippen molar-refractivity contribution in [2.45, 2.75) is 38.8 Å². The Morgan fingerprint density at radius 3 is 2.23 bits per heavy atom. The lowest BCUT2D eigenvalue weighted by molar-refractivity contribution is -0.140. The molecule has 7 heteroatoms. The van der Waals surface area contributed by atoms with Gasteiger partial charge < -0.3 is 15.3 Å². The molecule has 1 saturated heterocycles. The van der Waals surface area contributed by atoms with Gasteiger partial charge in [0.1, 0.15) is 6.04 Å². The first-order valence-corrected chi connectivity index (χ1v) is 8.99. The van der Waals surface area contributed by atoms with E-state index in [2.05, 4.69) is 24.1 Å². The van der Waals surface area contributed by atoms with Crippen LogP contribution in [-0.2, 0) is 9.59 Å². The van der Waals surface area contributed by atoms with Crippen LogP contribution < -0.4 is 5.32 Å². The molecular formula is C19H27N3O4. The minimum Gasteiger partial charge on any atom is -0.480 e. The van der Waals surface area contributed by atoms with Crippen LogP contribution in [-0.4, -0.2) is 71.0 Å². The summed E-state index contributed by atoms with van der Waals surface area (Å²) in [6.07, 6.45) is 0.185. The van der Waals surface area contributed by atoms with Crippen molar-refractivity contribution >= 4 is 17.8 Å². The highest BCUT2D eigenvalue weighted by Gasteiger charge is 2.25. The molecule has 0 spiro atoms. The second-order valence-electron chi connectivity index (χ2n) is 6.78. The van der Waals surface area contributed by atoms with Gasteiger partial charge in [0.05, 0.1) is 0 Å². The van der Waals surface area contributed by atoms with Gasteiger partial charge in [0.2, 0.25) is 5.91 Å². The minimum atomic E-state index is -1.13. The van der Waals surface area contributed by atoms with Crippen LogP contribution in [0.5, 0.6) is 0 Å². The molecule has 0 bridgehead atoms. The van der Waals surface area contributed by atoms with E-state index < -0.39 is 17.9 Å². The highest BCUT2D eigenvalue weighted by molar-refractivity contribution is 5.96. The average molecular weight is 361 g/mol. The van der Waals surface area contributed by atoms with Gasteiger partial charge in [-0.15, -0.1) is 0 Å². The number of aliphatic carboxylic acids is 1. The van der Waals surface area contributed by atoms with E-state index in [9.17, 15) is 19.5 Å². The summed E-state index contributed by atoms with van der Waals surface area (Å²) in [5, 5.41) is 11.8. The second-order valence-corrected chi connectivity index (χ2v) is 6.78. The molecular weight excluding hydrogens is 334 g/mol. The highest BCUT2D eigenvalue weighted by atomic mass is 16.4. The first-order valence-electron chi connectivity index (χ1n) is 8.99. The molecule has 0 aromatic heterocycles. The summed E-state index contributed by atoms with van der Waals surface area (Å²) in [5.74, 6) is -1.64.